The highest BCUT2D eigenvalue weighted by atomic mass is 16.3. The monoisotopic (exact) mass is 267 g/mol. The maximum absolute atomic E-state index is 12.2. The third-order valence-electron chi connectivity index (χ3n) is 3.00. The topological polar surface area (TPSA) is 70.9 Å². The molecule has 2 aromatic heterocycles. The molecule has 0 aliphatic carbocycles. The number of H-pyrrole nitrogens is 1. The number of aromatic nitrogens is 2. The molecule has 0 saturated carbocycles. The average molecular weight is 267 g/mol. The maximum atomic E-state index is 12.2. The van der Waals surface area contributed by atoms with Crippen LogP contribution in [0.3, 0.4) is 0 Å². The lowest BCUT2D eigenvalue weighted by Gasteiger charge is -2.16. The highest BCUT2D eigenvalue weighted by molar-refractivity contribution is 5.94. The molecule has 0 saturated heterocycles. The van der Waals surface area contributed by atoms with E-state index in [1.165, 1.54) is 6.20 Å². The first-order chi connectivity index (χ1) is 9.84. The normalized spacial score (nSPS) is 12.0. The number of hydrogen-bond acceptors (Lipinski definition) is 3. The quantitative estimate of drug-likeness (QED) is 0.763. The molecule has 0 fully saturated rings. The van der Waals surface area contributed by atoms with Crippen molar-refractivity contribution in [1.29, 1.82) is 0 Å². The van der Waals surface area contributed by atoms with Crippen molar-refractivity contribution in [3.63, 3.8) is 0 Å². The highest BCUT2D eigenvalue weighted by Gasteiger charge is 2.20. The van der Waals surface area contributed by atoms with Gasteiger partial charge >= 0.3 is 0 Å². The van der Waals surface area contributed by atoms with Gasteiger partial charge in [0.25, 0.3) is 5.91 Å². The molecule has 1 unspecified atom stereocenters. The van der Waals surface area contributed by atoms with Crippen molar-refractivity contribution in [1.82, 2.24) is 15.5 Å². The number of nitrogens with zero attached hydrogens (tertiary/aromatic N) is 1. The number of hydrogen-bond donors (Lipinski definition) is 2. The number of aromatic amines is 1. The molecule has 0 spiro atoms. The molecule has 0 aliphatic rings. The third kappa shape index (κ3) is 2.47. The molecule has 5 nitrogen and oxygen atoms in total. The van der Waals surface area contributed by atoms with Crippen molar-refractivity contribution in [3.05, 3.63) is 78.0 Å². The highest BCUT2D eigenvalue weighted by Crippen LogP contribution is 2.22. The second kappa shape index (κ2) is 5.44. The van der Waals surface area contributed by atoms with E-state index in [1.54, 1.807) is 18.5 Å². The first-order valence-electron chi connectivity index (χ1n) is 6.22. The summed E-state index contributed by atoms with van der Waals surface area (Å²) in [4.78, 5) is 12.2. The Morgan fingerprint density at radius 1 is 1.20 bits per heavy atom. The molecule has 1 amide bonds. The molecule has 1 aromatic carbocycles. The van der Waals surface area contributed by atoms with Crippen molar-refractivity contribution in [2.45, 2.75) is 6.04 Å². The van der Waals surface area contributed by atoms with Crippen LogP contribution >= 0.6 is 0 Å². The first-order valence-corrected chi connectivity index (χ1v) is 6.22. The van der Waals surface area contributed by atoms with Gasteiger partial charge in [0.05, 0.1) is 18.0 Å². The molecular weight excluding hydrogens is 254 g/mol. The smallest absolute Gasteiger partial charge is 0.255 e. The number of carbonyl (C=O) groups excluding carboxylic acids is 1. The van der Waals surface area contributed by atoms with Crippen molar-refractivity contribution in [2.75, 3.05) is 0 Å². The Hall–Kier alpha value is -2.82. The van der Waals surface area contributed by atoms with Crippen LogP contribution in [0.15, 0.2) is 65.5 Å². The lowest BCUT2D eigenvalue weighted by molar-refractivity contribution is 0.0939. The molecule has 0 aliphatic heterocycles. The number of benzene rings is 1. The fourth-order valence-electron chi connectivity index (χ4n) is 2.01. The lowest BCUT2D eigenvalue weighted by Crippen LogP contribution is -2.28. The minimum atomic E-state index is -0.325. The second-order valence-corrected chi connectivity index (χ2v) is 4.32. The zero-order valence-electron chi connectivity index (χ0n) is 10.6. The van der Waals surface area contributed by atoms with Gasteiger partial charge in [-0.3, -0.25) is 9.89 Å². The van der Waals surface area contributed by atoms with E-state index in [9.17, 15) is 4.79 Å². The van der Waals surface area contributed by atoms with Crippen molar-refractivity contribution < 1.29 is 9.21 Å². The molecule has 5 heteroatoms. The van der Waals surface area contributed by atoms with Crippen molar-refractivity contribution in [3.8, 4) is 0 Å². The summed E-state index contributed by atoms with van der Waals surface area (Å²) in [6.45, 7) is 0. The number of amides is 1. The maximum Gasteiger partial charge on any atom is 0.255 e. The molecule has 2 N–H and O–H groups in total. The van der Waals surface area contributed by atoms with Gasteiger partial charge in [0.15, 0.2) is 0 Å². The number of nitrogens with one attached hydrogen (secondary N) is 2. The Balaban J connectivity index is 1.89. The van der Waals surface area contributed by atoms with E-state index in [4.69, 9.17) is 4.42 Å². The van der Waals surface area contributed by atoms with Gasteiger partial charge in [-0.2, -0.15) is 5.10 Å². The Morgan fingerprint density at radius 2 is 2.05 bits per heavy atom. The molecule has 3 rings (SSSR count). The Kier molecular flexibility index (Phi) is 3.33. The standard InChI is InChI=1S/C15H13N3O2/c19-15(12-9-16-17-10-12)18-14(13-7-4-8-20-13)11-5-2-1-3-6-11/h1-10,14H,(H,16,17)(H,18,19). The van der Waals surface area contributed by atoms with Crippen LogP contribution in [0.25, 0.3) is 0 Å². The van der Waals surface area contributed by atoms with Crippen LogP contribution in [-0.4, -0.2) is 16.1 Å². The predicted octanol–water partition coefficient (Wildman–Crippen LogP) is 2.52. The molecule has 0 radical (unpaired) electrons. The van der Waals surface area contributed by atoms with Crippen molar-refractivity contribution in [2.24, 2.45) is 0 Å². The van der Waals surface area contributed by atoms with Crippen LogP contribution in [0.5, 0.6) is 0 Å². The molecule has 2 heterocycles. The summed E-state index contributed by atoms with van der Waals surface area (Å²) in [6, 6.07) is 13.0. The van der Waals surface area contributed by atoms with Crippen LogP contribution in [0.4, 0.5) is 0 Å². The van der Waals surface area contributed by atoms with Gasteiger partial charge in [-0.05, 0) is 17.7 Å². The minimum absolute atomic E-state index is 0.205. The van der Waals surface area contributed by atoms with Crippen molar-refractivity contribution >= 4 is 5.91 Å². The molecular formula is C15H13N3O2. The van der Waals surface area contributed by atoms with Crippen LogP contribution in [0.1, 0.15) is 27.7 Å². The third-order valence-corrected chi connectivity index (χ3v) is 3.00. The lowest BCUT2D eigenvalue weighted by atomic mass is 10.0. The SMILES string of the molecule is O=C(NC(c1ccccc1)c1ccco1)c1cn[nH]c1. The summed E-state index contributed by atoms with van der Waals surface area (Å²) in [5.41, 5.74) is 1.44. The molecule has 1 atom stereocenters. The van der Waals surface area contributed by atoms with Gasteiger partial charge in [-0.1, -0.05) is 30.3 Å². The first kappa shape index (κ1) is 12.2. The average Bonchev–Trinajstić information content (AvgIpc) is 3.18. The van der Waals surface area contributed by atoms with E-state index in [2.05, 4.69) is 15.5 Å². The van der Waals surface area contributed by atoms with Gasteiger partial charge in [0.2, 0.25) is 0 Å². The predicted molar refractivity (Wildman–Crippen MR) is 73.0 cm³/mol. The number of rotatable bonds is 4. The molecule has 20 heavy (non-hydrogen) atoms. The summed E-state index contributed by atoms with van der Waals surface area (Å²) >= 11 is 0. The number of carbonyl (C=O) groups is 1. The van der Waals surface area contributed by atoms with Crippen LogP contribution in [-0.2, 0) is 0 Å². The summed E-state index contributed by atoms with van der Waals surface area (Å²) in [6.07, 6.45) is 4.63. The number of furan rings is 1. The molecule has 100 valence electrons. The van der Waals surface area contributed by atoms with E-state index < -0.39 is 0 Å². The fraction of sp³-hybridized carbons (Fsp3) is 0.0667. The Labute approximate surface area is 115 Å². The second-order valence-electron chi connectivity index (χ2n) is 4.32. The Morgan fingerprint density at radius 3 is 2.70 bits per heavy atom. The summed E-state index contributed by atoms with van der Waals surface area (Å²) < 4.78 is 5.43. The van der Waals surface area contributed by atoms with Gasteiger partial charge in [-0.15, -0.1) is 0 Å². The summed E-state index contributed by atoms with van der Waals surface area (Å²) in [5.74, 6) is 0.483. The molecule has 3 aromatic rings. The van der Waals surface area contributed by atoms with Gasteiger partial charge < -0.3 is 9.73 Å². The van der Waals surface area contributed by atoms with E-state index in [-0.39, 0.29) is 11.9 Å². The largest absolute Gasteiger partial charge is 0.467 e. The van der Waals surface area contributed by atoms with Crippen LogP contribution in [0, 0.1) is 0 Å². The zero-order valence-corrected chi connectivity index (χ0v) is 10.6. The summed E-state index contributed by atoms with van der Waals surface area (Å²) in [5, 5.41) is 9.35. The van der Waals surface area contributed by atoms with E-state index in [0.717, 1.165) is 5.56 Å². The van der Waals surface area contributed by atoms with Crippen LogP contribution in [0.2, 0.25) is 0 Å². The van der Waals surface area contributed by atoms with E-state index in [1.807, 2.05) is 36.4 Å². The van der Waals surface area contributed by atoms with E-state index in [0.29, 0.717) is 11.3 Å². The van der Waals surface area contributed by atoms with Crippen LogP contribution < -0.4 is 5.32 Å². The van der Waals surface area contributed by atoms with Gasteiger partial charge in [-0.25, -0.2) is 0 Å². The van der Waals surface area contributed by atoms with Gasteiger partial charge in [0.1, 0.15) is 11.8 Å². The molecule has 0 bridgehead atoms. The summed E-state index contributed by atoms with van der Waals surface area (Å²) in [7, 11) is 0. The minimum Gasteiger partial charge on any atom is -0.467 e. The zero-order chi connectivity index (χ0) is 13.8. The Bertz CT molecular complexity index is 660. The van der Waals surface area contributed by atoms with E-state index >= 15 is 0 Å². The fourth-order valence-corrected chi connectivity index (χ4v) is 2.01. The van der Waals surface area contributed by atoms with Gasteiger partial charge in [0, 0.05) is 6.20 Å².